The van der Waals surface area contributed by atoms with E-state index in [1.807, 2.05) is 18.2 Å². The molecule has 3 aliphatic carbocycles. The lowest BCUT2D eigenvalue weighted by Crippen LogP contribution is -2.22. The van der Waals surface area contributed by atoms with Crippen LogP contribution in [0, 0.1) is 6.57 Å². The highest BCUT2D eigenvalue weighted by atomic mass is 15.1. The monoisotopic (exact) mass is 380 g/mol. The van der Waals surface area contributed by atoms with E-state index in [1.54, 1.807) is 0 Å². The van der Waals surface area contributed by atoms with E-state index in [2.05, 4.69) is 42.1 Å². The van der Waals surface area contributed by atoms with Gasteiger partial charge in [0.25, 0.3) is 0 Å². The molecule has 0 saturated heterocycles. The summed E-state index contributed by atoms with van der Waals surface area (Å²) in [6.45, 7) is 14.2. The van der Waals surface area contributed by atoms with E-state index in [0.717, 1.165) is 27.9 Å². The molecule has 144 valence electrons. The second-order valence-corrected chi connectivity index (χ2v) is 9.76. The van der Waals surface area contributed by atoms with Gasteiger partial charge in [-0.2, -0.15) is 0 Å². The van der Waals surface area contributed by atoms with E-state index < -0.39 is 0 Å². The van der Waals surface area contributed by atoms with E-state index in [4.69, 9.17) is 16.5 Å². The Kier molecular flexibility index (Phi) is 3.26. The fourth-order valence-corrected chi connectivity index (χ4v) is 5.55. The second kappa shape index (κ2) is 5.57. The summed E-state index contributed by atoms with van der Waals surface area (Å²) in [6.07, 6.45) is 5.29. The number of nitrogens with zero attached hydrogens (tertiary/aromatic N) is 4. The minimum Gasteiger partial charge on any atom is -0.279 e. The average molecular weight is 380 g/mol. The quantitative estimate of drug-likeness (QED) is 0.321. The number of benzene rings is 2. The Morgan fingerprint density at radius 1 is 1.00 bits per heavy atom. The van der Waals surface area contributed by atoms with Gasteiger partial charge in [0.2, 0.25) is 5.69 Å². The van der Waals surface area contributed by atoms with Gasteiger partial charge in [-0.15, -0.1) is 0 Å². The maximum absolute atomic E-state index is 7.59. The molecule has 0 unspecified atom stereocenters. The van der Waals surface area contributed by atoms with Gasteiger partial charge in [0, 0.05) is 10.8 Å². The van der Waals surface area contributed by atoms with Crippen molar-refractivity contribution in [1.29, 1.82) is 0 Å². The molecular formula is C25H24N4. The van der Waals surface area contributed by atoms with Crippen molar-refractivity contribution >= 4 is 33.3 Å². The van der Waals surface area contributed by atoms with E-state index in [0.29, 0.717) is 17.5 Å². The molecule has 4 nitrogen and oxygen atoms in total. The highest BCUT2D eigenvalue weighted by Crippen LogP contribution is 2.50. The Morgan fingerprint density at radius 2 is 1.69 bits per heavy atom. The van der Waals surface area contributed by atoms with E-state index in [-0.39, 0.29) is 5.41 Å². The molecule has 1 saturated carbocycles. The molecule has 2 bridgehead atoms. The van der Waals surface area contributed by atoms with Crippen molar-refractivity contribution in [1.82, 2.24) is 14.4 Å². The smallest absolute Gasteiger partial charge is 0.213 e. The lowest BCUT2D eigenvalue weighted by molar-refractivity contribution is 0.359. The molecule has 0 amide bonds. The Balaban J connectivity index is 1.80. The van der Waals surface area contributed by atoms with Crippen molar-refractivity contribution in [2.24, 2.45) is 0 Å². The first-order valence-corrected chi connectivity index (χ1v) is 10.6. The first-order valence-electron chi connectivity index (χ1n) is 10.6. The maximum Gasteiger partial charge on any atom is 0.213 e. The summed E-state index contributed by atoms with van der Waals surface area (Å²) in [5, 5.41) is 0.962. The third-order valence-corrected chi connectivity index (χ3v) is 6.94. The lowest BCUT2D eigenvalue weighted by atomic mass is 9.67. The van der Waals surface area contributed by atoms with Crippen molar-refractivity contribution in [3.63, 3.8) is 0 Å². The number of fused-ring (bicyclic) bond motifs is 7. The summed E-state index contributed by atoms with van der Waals surface area (Å²) in [4.78, 5) is 13.9. The first kappa shape index (κ1) is 17.0. The molecule has 2 aromatic heterocycles. The Bertz CT molecular complexity index is 1360. The van der Waals surface area contributed by atoms with Crippen LogP contribution in [0.15, 0.2) is 30.3 Å². The van der Waals surface area contributed by atoms with Gasteiger partial charge >= 0.3 is 0 Å². The summed E-state index contributed by atoms with van der Waals surface area (Å²) >= 11 is 0. The van der Waals surface area contributed by atoms with Gasteiger partial charge in [0.05, 0.1) is 23.1 Å². The fourth-order valence-electron chi connectivity index (χ4n) is 5.55. The molecule has 0 spiro atoms. The van der Waals surface area contributed by atoms with Crippen molar-refractivity contribution < 1.29 is 0 Å². The largest absolute Gasteiger partial charge is 0.279 e. The van der Waals surface area contributed by atoms with Crippen LogP contribution in [0.3, 0.4) is 0 Å². The number of hydrogen-bond donors (Lipinski definition) is 0. The highest BCUT2D eigenvalue weighted by Gasteiger charge is 2.34. The van der Waals surface area contributed by atoms with Crippen LogP contribution in [0.2, 0.25) is 0 Å². The Morgan fingerprint density at radius 3 is 2.34 bits per heavy atom. The van der Waals surface area contributed by atoms with E-state index in [1.165, 1.54) is 42.3 Å². The zero-order valence-electron chi connectivity index (χ0n) is 17.2. The summed E-state index contributed by atoms with van der Waals surface area (Å²) in [7, 11) is 0. The normalized spacial score (nSPS) is 21.0. The molecule has 4 heteroatoms. The molecule has 0 N–H and O–H groups in total. The standard InChI is InChI=1S/C25H24N4/c1-25(2,3)24-28-22-16(6-5-7-19(22)26-4)23-27-20-12-17-14-8-10-15(11-9-14)18(17)13-21(20)29(23)24/h5-7,12-15H,8-11H2,1-3H3. The van der Waals surface area contributed by atoms with Crippen molar-refractivity contribution in [2.75, 3.05) is 0 Å². The van der Waals surface area contributed by atoms with Gasteiger partial charge in [-0.05, 0) is 60.8 Å². The molecule has 0 atom stereocenters. The van der Waals surface area contributed by atoms with E-state index >= 15 is 0 Å². The van der Waals surface area contributed by atoms with Gasteiger partial charge in [-0.1, -0.05) is 39.0 Å². The van der Waals surface area contributed by atoms with Crippen LogP contribution in [0.25, 0.3) is 32.4 Å². The fraction of sp³-hybridized carbons (Fsp3) is 0.400. The van der Waals surface area contributed by atoms with Crippen LogP contribution in [-0.2, 0) is 5.41 Å². The molecule has 0 aliphatic heterocycles. The summed E-state index contributed by atoms with van der Waals surface area (Å²) in [5.74, 6) is 2.37. The molecule has 3 aliphatic rings. The van der Waals surface area contributed by atoms with Gasteiger partial charge in [-0.25, -0.2) is 14.8 Å². The van der Waals surface area contributed by atoms with Gasteiger partial charge in [0.15, 0.2) is 0 Å². The maximum atomic E-state index is 7.59. The van der Waals surface area contributed by atoms with Crippen LogP contribution in [-0.4, -0.2) is 14.4 Å². The van der Waals surface area contributed by atoms with Crippen LogP contribution in [0.4, 0.5) is 5.69 Å². The second-order valence-electron chi connectivity index (χ2n) is 9.76. The SMILES string of the molecule is [C-]#[N+]c1cccc2c1nc(C(C)(C)C)n1c3cc4c(cc3nc21)C1CCC4CC1. The van der Waals surface area contributed by atoms with Crippen LogP contribution in [0.5, 0.6) is 0 Å². The van der Waals surface area contributed by atoms with Crippen molar-refractivity contribution in [3.05, 3.63) is 58.7 Å². The van der Waals surface area contributed by atoms with Gasteiger partial charge < -0.3 is 0 Å². The lowest BCUT2D eigenvalue weighted by Gasteiger charge is -2.38. The van der Waals surface area contributed by atoms with Crippen LogP contribution >= 0.6 is 0 Å². The summed E-state index contributed by atoms with van der Waals surface area (Å²) < 4.78 is 2.26. The van der Waals surface area contributed by atoms with Crippen LogP contribution in [0.1, 0.15) is 75.2 Å². The topological polar surface area (TPSA) is 34.5 Å². The summed E-state index contributed by atoms with van der Waals surface area (Å²) in [5.41, 5.74) is 7.42. The zero-order chi connectivity index (χ0) is 19.9. The predicted molar refractivity (Wildman–Crippen MR) is 117 cm³/mol. The predicted octanol–water partition coefficient (Wildman–Crippen LogP) is 6.64. The van der Waals surface area contributed by atoms with Gasteiger partial charge in [0.1, 0.15) is 11.5 Å². The minimum absolute atomic E-state index is 0.163. The Labute approximate surface area is 170 Å². The molecule has 2 aromatic carbocycles. The van der Waals surface area contributed by atoms with Gasteiger partial charge in [-0.3, -0.25) is 4.40 Å². The molecule has 0 radical (unpaired) electrons. The van der Waals surface area contributed by atoms with Crippen molar-refractivity contribution in [3.8, 4) is 0 Å². The molecular weight excluding hydrogens is 356 g/mol. The third-order valence-electron chi connectivity index (χ3n) is 6.94. The third kappa shape index (κ3) is 2.25. The molecule has 2 heterocycles. The number of hydrogen-bond acceptors (Lipinski definition) is 2. The number of aromatic nitrogens is 3. The Hall–Kier alpha value is -2.93. The highest BCUT2D eigenvalue weighted by molar-refractivity contribution is 6.02. The molecule has 4 aromatic rings. The first-order chi connectivity index (χ1) is 14.0. The zero-order valence-corrected chi connectivity index (χ0v) is 17.2. The number of rotatable bonds is 0. The van der Waals surface area contributed by atoms with Crippen molar-refractivity contribution in [2.45, 2.75) is 63.7 Å². The average Bonchev–Trinajstić information content (AvgIpc) is 3.10. The number of para-hydroxylation sites is 1. The summed E-state index contributed by atoms with van der Waals surface area (Å²) in [6, 6.07) is 10.6. The molecule has 1 fully saturated rings. The number of imidazole rings is 1. The molecule has 7 rings (SSSR count). The molecule has 29 heavy (non-hydrogen) atoms. The minimum atomic E-state index is -0.163. The van der Waals surface area contributed by atoms with Crippen LogP contribution < -0.4 is 0 Å². The van der Waals surface area contributed by atoms with E-state index in [9.17, 15) is 0 Å².